The minimum atomic E-state index is -0.0579. The lowest BCUT2D eigenvalue weighted by Crippen LogP contribution is -2.43. The van der Waals surface area contributed by atoms with E-state index in [1.54, 1.807) is 11.1 Å². The van der Waals surface area contributed by atoms with Crippen LogP contribution in [0, 0.1) is 0 Å². The number of aliphatic hydroxyl groups is 1. The summed E-state index contributed by atoms with van der Waals surface area (Å²) in [6.07, 6.45) is 5.62. The van der Waals surface area contributed by atoms with Crippen molar-refractivity contribution in [1.82, 2.24) is 5.32 Å². The summed E-state index contributed by atoms with van der Waals surface area (Å²) in [5.74, 6) is 0. The van der Waals surface area contributed by atoms with E-state index in [-0.39, 0.29) is 6.10 Å². The van der Waals surface area contributed by atoms with Crippen molar-refractivity contribution in [2.45, 2.75) is 50.8 Å². The molecule has 2 aliphatic rings. The Labute approximate surface area is 96.7 Å². The van der Waals surface area contributed by atoms with Gasteiger partial charge in [0.15, 0.2) is 0 Å². The number of hydrogen-bond acceptors (Lipinski definition) is 2. The van der Waals surface area contributed by atoms with Gasteiger partial charge in [0.05, 0.1) is 6.10 Å². The summed E-state index contributed by atoms with van der Waals surface area (Å²) in [5.41, 5.74) is 4.48. The highest BCUT2D eigenvalue weighted by Gasteiger charge is 2.26. The summed E-state index contributed by atoms with van der Waals surface area (Å²) in [5, 5.41) is 12.7. The summed E-state index contributed by atoms with van der Waals surface area (Å²) < 4.78 is 0. The van der Waals surface area contributed by atoms with Crippen molar-refractivity contribution in [3.8, 4) is 0 Å². The van der Waals surface area contributed by atoms with Gasteiger partial charge in [0.1, 0.15) is 0 Å². The Morgan fingerprint density at radius 2 is 2.00 bits per heavy atom. The van der Waals surface area contributed by atoms with Crippen LogP contribution in [0.4, 0.5) is 0 Å². The van der Waals surface area contributed by atoms with Gasteiger partial charge >= 0.3 is 0 Å². The van der Waals surface area contributed by atoms with Gasteiger partial charge in [-0.3, -0.25) is 0 Å². The van der Waals surface area contributed by atoms with Gasteiger partial charge in [-0.15, -0.1) is 0 Å². The number of benzene rings is 1. The second-order valence-corrected chi connectivity index (χ2v) is 5.16. The van der Waals surface area contributed by atoms with Gasteiger partial charge in [-0.05, 0) is 48.8 Å². The van der Waals surface area contributed by atoms with Crippen molar-refractivity contribution in [2.24, 2.45) is 0 Å². The molecular weight excluding hydrogens is 198 g/mol. The first-order chi connectivity index (χ1) is 7.81. The fourth-order valence-corrected chi connectivity index (χ4v) is 2.75. The normalized spacial score (nSPS) is 27.6. The minimum absolute atomic E-state index is 0.0579. The largest absolute Gasteiger partial charge is 0.393 e. The molecule has 0 saturated heterocycles. The third-order valence-corrected chi connectivity index (χ3v) is 3.87. The van der Waals surface area contributed by atoms with Crippen LogP contribution in [0.1, 0.15) is 36.0 Å². The molecule has 16 heavy (non-hydrogen) atoms. The average Bonchev–Trinajstić information content (AvgIpc) is 2.69. The number of rotatable bonds is 3. The Hall–Kier alpha value is -0.860. The van der Waals surface area contributed by atoms with Gasteiger partial charge in [-0.1, -0.05) is 18.2 Å². The number of aliphatic hydroxyl groups excluding tert-OH is 1. The first-order valence-electron chi connectivity index (χ1n) is 6.33. The third-order valence-electron chi connectivity index (χ3n) is 3.87. The van der Waals surface area contributed by atoms with Crippen LogP contribution in [0.25, 0.3) is 0 Å². The molecule has 1 aromatic rings. The second-order valence-electron chi connectivity index (χ2n) is 5.16. The van der Waals surface area contributed by atoms with Crippen LogP contribution in [0.3, 0.4) is 0 Å². The molecule has 0 unspecified atom stereocenters. The van der Waals surface area contributed by atoms with Gasteiger partial charge in [-0.2, -0.15) is 0 Å². The summed E-state index contributed by atoms with van der Waals surface area (Å²) in [4.78, 5) is 0. The van der Waals surface area contributed by atoms with Gasteiger partial charge in [0.2, 0.25) is 0 Å². The number of nitrogens with one attached hydrogen (secondary N) is 1. The van der Waals surface area contributed by atoms with E-state index >= 15 is 0 Å². The molecule has 1 saturated carbocycles. The molecule has 0 amide bonds. The Kier molecular flexibility index (Phi) is 2.70. The number of hydrogen-bond donors (Lipinski definition) is 2. The highest BCUT2D eigenvalue weighted by molar-refractivity contribution is 5.35. The highest BCUT2D eigenvalue weighted by atomic mass is 16.3. The molecule has 3 rings (SSSR count). The van der Waals surface area contributed by atoms with Gasteiger partial charge in [-0.25, -0.2) is 0 Å². The lowest BCUT2D eigenvalue weighted by atomic mass is 9.89. The molecule has 0 aromatic heterocycles. The highest BCUT2D eigenvalue weighted by Crippen LogP contribution is 2.24. The van der Waals surface area contributed by atoms with Crippen LogP contribution in [0.2, 0.25) is 0 Å². The van der Waals surface area contributed by atoms with Crippen molar-refractivity contribution < 1.29 is 5.11 Å². The second kappa shape index (κ2) is 4.19. The third kappa shape index (κ3) is 2.00. The molecule has 2 aliphatic carbocycles. The monoisotopic (exact) mass is 217 g/mol. The lowest BCUT2D eigenvalue weighted by Gasteiger charge is -2.32. The van der Waals surface area contributed by atoms with Gasteiger partial charge in [0, 0.05) is 12.6 Å². The first kappa shape index (κ1) is 10.3. The van der Waals surface area contributed by atoms with Crippen molar-refractivity contribution in [1.29, 1.82) is 0 Å². The van der Waals surface area contributed by atoms with Crippen molar-refractivity contribution >= 4 is 0 Å². The van der Waals surface area contributed by atoms with Crippen LogP contribution in [-0.4, -0.2) is 17.3 Å². The zero-order chi connectivity index (χ0) is 11.0. The summed E-state index contributed by atoms with van der Waals surface area (Å²) >= 11 is 0. The van der Waals surface area contributed by atoms with E-state index in [2.05, 4.69) is 23.5 Å². The van der Waals surface area contributed by atoms with Crippen molar-refractivity contribution in [3.05, 3.63) is 34.9 Å². The zero-order valence-electron chi connectivity index (χ0n) is 9.58. The molecule has 1 fully saturated rings. The summed E-state index contributed by atoms with van der Waals surface area (Å²) in [7, 11) is 0. The lowest BCUT2D eigenvalue weighted by molar-refractivity contribution is 0.0619. The van der Waals surface area contributed by atoms with E-state index in [1.807, 2.05) is 0 Å². The molecule has 1 aromatic carbocycles. The molecule has 0 bridgehead atoms. The maximum atomic E-state index is 9.20. The van der Waals surface area contributed by atoms with Crippen LogP contribution in [0.5, 0.6) is 0 Å². The maximum absolute atomic E-state index is 9.20. The number of fused-ring (bicyclic) bond motifs is 1. The Bertz CT molecular complexity index is 382. The van der Waals surface area contributed by atoms with Crippen LogP contribution in [-0.2, 0) is 19.4 Å². The Morgan fingerprint density at radius 1 is 1.19 bits per heavy atom. The topological polar surface area (TPSA) is 32.3 Å². The van der Waals surface area contributed by atoms with E-state index in [0.29, 0.717) is 6.04 Å². The van der Waals surface area contributed by atoms with E-state index in [0.717, 1.165) is 19.4 Å². The SMILES string of the molecule is OC1CC(NCc2ccc3c(c2)CCC3)C1. The van der Waals surface area contributed by atoms with Gasteiger partial charge < -0.3 is 10.4 Å². The molecule has 0 atom stereocenters. The van der Waals surface area contributed by atoms with Crippen molar-refractivity contribution in [2.75, 3.05) is 0 Å². The smallest absolute Gasteiger partial charge is 0.0570 e. The molecule has 0 heterocycles. The number of aryl methyl sites for hydroxylation is 2. The molecule has 2 nitrogen and oxygen atoms in total. The fourth-order valence-electron chi connectivity index (χ4n) is 2.75. The van der Waals surface area contributed by atoms with Crippen molar-refractivity contribution in [3.63, 3.8) is 0 Å². The molecule has 2 N–H and O–H groups in total. The van der Waals surface area contributed by atoms with E-state index < -0.39 is 0 Å². The molecule has 0 radical (unpaired) electrons. The first-order valence-corrected chi connectivity index (χ1v) is 6.33. The quantitative estimate of drug-likeness (QED) is 0.809. The average molecular weight is 217 g/mol. The predicted molar refractivity (Wildman–Crippen MR) is 64.3 cm³/mol. The molecule has 86 valence electrons. The summed E-state index contributed by atoms with van der Waals surface area (Å²) in [6, 6.07) is 7.41. The molecule has 0 spiro atoms. The van der Waals surface area contributed by atoms with E-state index in [1.165, 1.54) is 24.8 Å². The maximum Gasteiger partial charge on any atom is 0.0570 e. The molecule has 2 heteroatoms. The fraction of sp³-hybridized carbons (Fsp3) is 0.571. The van der Waals surface area contributed by atoms with Crippen LogP contribution in [0.15, 0.2) is 18.2 Å². The Morgan fingerprint density at radius 3 is 2.81 bits per heavy atom. The zero-order valence-corrected chi connectivity index (χ0v) is 9.58. The van der Waals surface area contributed by atoms with Crippen LogP contribution < -0.4 is 5.32 Å². The predicted octanol–water partition coefficient (Wildman–Crippen LogP) is 1.79. The van der Waals surface area contributed by atoms with Crippen LogP contribution >= 0.6 is 0 Å². The molecular formula is C14H19NO. The summed E-state index contributed by atoms with van der Waals surface area (Å²) in [6.45, 7) is 0.949. The standard InChI is InChI=1S/C14H19NO/c16-14-7-13(8-14)15-9-10-4-5-11-2-1-3-12(11)6-10/h4-6,13-16H,1-3,7-9H2. The Balaban J connectivity index is 1.58. The minimum Gasteiger partial charge on any atom is -0.393 e. The van der Waals surface area contributed by atoms with E-state index in [4.69, 9.17) is 0 Å². The van der Waals surface area contributed by atoms with E-state index in [9.17, 15) is 5.11 Å². The van der Waals surface area contributed by atoms with Gasteiger partial charge in [0.25, 0.3) is 0 Å². The molecule has 0 aliphatic heterocycles.